The molecule has 3 aromatic rings. The first-order valence-corrected chi connectivity index (χ1v) is 13.6. The van der Waals surface area contributed by atoms with Crippen molar-refractivity contribution in [3.05, 3.63) is 76.2 Å². The first-order valence-electron chi connectivity index (χ1n) is 13.6. The molecule has 0 amide bonds. The van der Waals surface area contributed by atoms with E-state index in [2.05, 4.69) is 6.58 Å². The molecule has 1 aliphatic carbocycles. The molecule has 3 atom stereocenters. The van der Waals surface area contributed by atoms with E-state index in [-0.39, 0.29) is 46.3 Å². The minimum absolute atomic E-state index is 0.0329. The van der Waals surface area contributed by atoms with Crippen molar-refractivity contribution >= 4 is 16.9 Å². The fraction of sp³-hybridized carbons (Fsp3) is 0.419. The van der Waals surface area contributed by atoms with Crippen molar-refractivity contribution in [3.63, 3.8) is 0 Å². The molecule has 0 radical (unpaired) electrons. The quantitative estimate of drug-likeness (QED) is 0.0816. The summed E-state index contributed by atoms with van der Waals surface area (Å²) < 4.78 is 99.6. The van der Waals surface area contributed by atoms with Gasteiger partial charge in [0.25, 0.3) is 0 Å². The molecule has 1 saturated carbocycles. The fourth-order valence-electron chi connectivity index (χ4n) is 5.17. The fourth-order valence-corrected chi connectivity index (χ4v) is 5.17. The van der Waals surface area contributed by atoms with Gasteiger partial charge in [0.15, 0.2) is 0 Å². The van der Waals surface area contributed by atoms with Gasteiger partial charge in [0.2, 0.25) is 0 Å². The maximum absolute atomic E-state index is 14.0. The van der Waals surface area contributed by atoms with Crippen molar-refractivity contribution in [1.82, 2.24) is 0 Å². The Bertz CT molecular complexity index is 1520. The van der Waals surface area contributed by atoms with Crippen molar-refractivity contribution in [3.8, 4) is 16.9 Å². The van der Waals surface area contributed by atoms with Gasteiger partial charge in [-0.15, -0.1) is 0 Å². The van der Waals surface area contributed by atoms with E-state index in [9.17, 15) is 35.9 Å². The topological polar surface area (TPSA) is 65.7 Å². The Morgan fingerprint density at radius 2 is 1.69 bits per heavy atom. The number of esters is 1. The Balaban J connectivity index is 1.63. The standard InChI is InChI=1S/C31H30F6O5/c1-4-5-6-7-18-8-11-21(23(14-18)30(32,33)34)22-15-19-9-10-20(16-26(19)42-29(22)39)40-24-12-13-25(27(24)31(35,36)37)41-28(38)17(2)3/h8-11,14-16,24-25,27H,2,4-7,12-13H2,1,3H3. The number of hydrogen-bond donors (Lipinski definition) is 0. The summed E-state index contributed by atoms with van der Waals surface area (Å²) in [6, 6.07) is 9.06. The maximum atomic E-state index is 14.0. The average Bonchev–Trinajstić information content (AvgIpc) is 3.30. The maximum Gasteiger partial charge on any atom is 0.417 e. The molecule has 0 N–H and O–H groups in total. The number of benzene rings is 2. The Morgan fingerprint density at radius 3 is 2.33 bits per heavy atom. The number of carbonyl (C=O) groups excluding carboxylic acids is 1. The third-order valence-electron chi connectivity index (χ3n) is 7.27. The van der Waals surface area contributed by atoms with Gasteiger partial charge in [-0.3, -0.25) is 0 Å². The van der Waals surface area contributed by atoms with Crippen molar-refractivity contribution in [2.45, 2.75) is 76.9 Å². The van der Waals surface area contributed by atoms with Gasteiger partial charge >= 0.3 is 23.9 Å². The largest absolute Gasteiger partial charge is 0.489 e. The number of hydrogen-bond acceptors (Lipinski definition) is 5. The Labute approximate surface area is 238 Å². The van der Waals surface area contributed by atoms with E-state index in [1.807, 2.05) is 6.92 Å². The molecule has 5 nitrogen and oxygen atoms in total. The summed E-state index contributed by atoms with van der Waals surface area (Å²) in [5, 5.41) is 0.254. The number of fused-ring (bicyclic) bond motifs is 1. The third-order valence-corrected chi connectivity index (χ3v) is 7.27. The molecule has 1 aromatic heterocycles. The molecule has 4 rings (SSSR count). The third kappa shape index (κ3) is 6.99. The Kier molecular flexibility index (Phi) is 9.08. The highest BCUT2D eigenvalue weighted by Crippen LogP contribution is 2.43. The van der Waals surface area contributed by atoms with Crippen LogP contribution in [-0.2, 0) is 22.1 Å². The highest BCUT2D eigenvalue weighted by atomic mass is 19.4. The molecule has 0 bridgehead atoms. The van der Waals surface area contributed by atoms with Gasteiger partial charge in [-0.1, -0.05) is 38.5 Å². The van der Waals surface area contributed by atoms with Gasteiger partial charge in [0.1, 0.15) is 29.5 Å². The lowest BCUT2D eigenvalue weighted by atomic mass is 9.95. The molecule has 2 aromatic carbocycles. The van der Waals surface area contributed by atoms with Crippen molar-refractivity contribution in [2.75, 3.05) is 0 Å². The van der Waals surface area contributed by atoms with Crippen LogP contribution in [0.2, 0.25) is 0 Å². The summed E-state index contributed by atoms with van der Waals surface area (Å²) >= 11 is 0. The number of halogens is 6. The van der Waals surface area contributed by atoms with Crippen LogP contribution >= 0.6 is 0 Å². The lowest BCUT2D eigenvalue weighted by Crippen LogP contribution is -2.41. The molecule has 0 aliphatic heterocycles. The van der Waals surface area contributed by atoms with E-state index in [1.54, 1.807) is 6.07 Å². The van der Waals surface area contributed by atoms with Crippen molar-refractivity contribution < 1.29 is 45.0 Å². The molecule has 42 heavy (non-hydrogen) atoms. The number of ether oxygens (including phenoxy) is 2. The minimum atomic E-state index is -4.73. The number of alkyl halides is 6. The van der Waals surface area contributed by atoms with Crippen LogP contribution in [-0.4, -0.2) is 24.4 Å². The summed E-state index contributed by atoms with van der Waals surface area (Å²) in [5.41, 5.74) is -2.21. The van der Waals surface area contributed by atoms with Crippen LogP contribution in [0.15, 0.2) is 63.8 Å². The molecule has 0 saturated heterocycles. The zero-order chi connectivity index (χ0) is 30.8. The van der Waals surface area contributed by atoms with Crippen molar-refractivity contribution in [2.24, 2.45) is 5.92 Å². The van der Waals surface area contributed by atoms with Crippen LogP contribution in [0.5, 0.6) is 5.75 Å². The summed E-state index contributed by atoms with van der Waals surface area (Å²) in [4.78, 5) is 24.7. The van der Waals surface area contributed by atoms with Gasteiger partial charge < -0.3 is 13.9 Å². The van der Waals surface area contributed by atoms with E-state index in [4.69, 9.17) is 13.9 Å². The summed E-state index contributed by atoms with van der Waals surface area (Å²) in [7, 11) is 0. The predicted molar refractivity (Wildman–Crippen MR) is 144 cm³/mol. The number of rotatable bonds is 9. The Hall–Kier alpha value is -3.76. The van der Waals surface area contributed by atoms with E-state index in [0.717, 1.165) is 25.3 Å². The molecule has 0 spiro atoms. The van der Waals surface area contributed by atoms with Gasteiger partial charge in [-0.25, -0.2) is 9.59 Å². The minimum Gasteiger partial charge on any atom is -0.489 e. The number of aryl methyl sites for hydroxylation is 1. The van der Waals surface area contributed by atoms with E-state index >= 15 is 0 Å². The van der Waals surface area contributed by atoms with E-state index in [1.165, 1.54) is 37.3 Å². The molecule has 1 aliphatic rings. The van der Waals surface area contributed by atoms with Crippen LogP contribution in [0, 0.1) is 5.92 Å². The van der Waals surface area contributed by atoms with Crippen LogP contribution in [0.1, 0.15) is 57.1 Å². The van der Waals surface area contributed by atoms with E-state index in [0.29, 0.717) is 12.0 Å². The molecule has 1 fully saturated rings. The van der Waals surface area contributed by atoms with Gasteiger partial charge in [0.05, 0.1) is 11.1 Å². The lowest BCUT2D eigenvalue weighted by Gasteiger charge is -2.27. The van der Waals surface area contributed by atoms with Crippen molar-refractivity contribution in [1.29, 1.82) is 0 Å². The summed E-state index contributed by atoms with van der Waals surface area (Å²) in [6.07, 6.45) is -9.44. The van der Waals surface area contributed by atoms with Gasteiger partial charge in [0, 0.05) is 22.6 Å². The number of unbranched alkanes of at least 4 members (excludes halogenated alkanes) is 2. The molecular formula is C31H30F6O5. The molecule has 11 heteroatoms. The monoisotopic (exact) mass is 596 g/mol. The van der Waals surface area contributed by atoms with Crippen LogP contribution in [0.25, 0.3) is 22.1 Å². The first-order chi connectivity index (χ1) is 19.7. The second-order valence-electron chi connectivity index (χ2n) is 10.5. The molecule has 226 valence electrons. The molecule has 3 unspecified atom stereocenters. The van der Waals surface area contributed by atoms with Crippen LogP contribution < -0.4 is 10.4 Å². The second kappa shape index (κ2) is 12.2. The number of carbonyl (C=O) groups is 1. The second-order valence-corrected chi connectivity index (χ2v) is 10.5. The molecule has 1 heterocycles. The lowest BCUT2D eigenvalue weighted by molar-refractivity contribution is -0.215. The summed E-state index contributed by atoms with van der Waals surface area (Å²) in [5.74, 6) is -3.08. The summed E-state index contributed by atoms with van der Waals surface area (Å²) in [6.45, 7) is 6.71. The average molecular weight is 597 g/mol. The zero-order valence-electron chi connectivity index (χ0n) is 23.0. The van der Waals surface area contributed by atoms with Crippen LogP contribution in [0.3, 0.4) is 0 Å². The molecular weight excluding hydrogens is 566 g/mol. The highest BCUT2D eigenvalue weighted by Gasteiger charge is 2.55. The van der Waals surface area contributed by atoms with Gasteiger partial charge in [-0.2, -0.15) is 26.3 Å². The van der Waals surface area contributed by atoms with Crippen LogP contribution in [0.4, 0.5) is 26.3 Å². The van der Waals surface area contributed by atoms with Gasteiger partial charge in [-0.05, 0) is 62.4 Å². The zero-order valence-corrected chi connectivity index (χ0v) is 23.0. The first kappa shape index (κ1) is 31.2. The Morgan fingerprint density at radius 1 is 0.976 bits per heavy atom. The normalized spacial score (nSPS) is 19.2. The smallest absolute Gasteiger partial charge is 0.417 e. The highest BCUT2D eigenvalue weighted by molar-refractivity contribution is 5.87. The van der Waals surface area contributed by atoms with E-state index < -0.39 is 47.6 Å². The SMILES string of the molecule is C=C(C)C(=O)OC1CCC(Oc2ccc3cc(-c4ccc(CCCCC)cc4C(F)(F)F)c(=O)oc3c2)C1C(F)(F)F. The predicted octanol–water partition coefficient (Wildman–Crippen LogP) is 8.42.